The number of hydrogen-bond donors (Lipinski definition) is 0. The quantitative estimate of drug-likeness (QED) is 0.484. The second kappa shape index (κ2) is 8.83. The normalized spacial score (nSPS) is 19.4. The fourth-order valence-corrected chi connectivity index (χ4v) is 1.87. The van der Waals surface area contributed by atoms with E-state index in [0.29, 0.717) is 0 Å². The van der Waals surface area contributed by atoms with E-state index in [4.69, 9.17) is 9.31 Å². The lowest BCUT2D eigenvalue weighted by Gasteiger charge is -2.22. The maximum absolute atomic E-state index is 5.78. The van der Waals surface area contributed by atoms with Gasteiger partial charge in [-0.05, 0) is 31.2 Å². The van der Waals surface area contributed by atoms with Crippen LogP contribution in [0.25, 0.3) is 0 Å². The van der Waals surface area contributed by atoms with Crippen molar-refractivity contribution in [2.45, 2.75) is 58.8 Å². The zero-order valence-electron chi connectivity index (χ0n) is 10.8. The van der Waals surface area contributed by atoms with Gasteiger partial charge < -0.3 is 9.31 Å². The van der Waals surface area contributed by atoms with Gasteiger partial charge in [0.1, 0.15) is 0 Å². The molecular formula is C13H25BO2. The van der Waals surface area contributed by atoms with E-state index in [9.17, 15) is 0 Å². The van der Waals surface area contributed by atoms with Crippen molar-refractivity contribution in [3.8, 4) is 0 Å². The van der Waals surface area contributed by atoms with E-state index in [1.807, 2.05) is 0 Å². The monoisotopic (exact) mass is 224 g/mol. The molecule has 92 valence electrons. The summed E-state index contributed by atoms with van der Waals surface area (Å²) in [4.78, 5) is 0. The summed E-state index contributed by atoms with van der Waals surface area (Å²) < 4.78 is 11.5. The highest BCUT2D eigenvalue weighted by molar-refractivity contribution is 6.53. The molecule has 1 heterocycles. The Labute approximate surface area is 101 Å². The van der Waals surface area contributed by atoms with Crippen LogP contribution in [0.15, 0.2) is 11.5 Å². The molecule has 2 nitrogen and oxygen atoms in total. The number of hydrogen-bond acceptors (Lipinski definition) is 2. The van der Waals surface area contributed by atoms with Crippen LogP contribution in [-0.2, 0) is 9.31 Å². The van der Waals surface area contributed by atoms with E-state index in [-0.39, 0.29) is 7.12 Å². The first-order chi connectivity index (χ1) is 7.88. The summed E-state index contributed by atoms with van der Waals surface area (Å²) in [5.41, 5.74) is 1.37. The molecule has 0 aromatic rings. The predicted octanol–water partition coefficient (Wildman–Crippen LogP) is 3.76. The van der Waals surface area contributed by atoms with Crippen molar-refractivity contribution in [1.29, 1.82) is 0 Å². The van der Waals surface area contributed by atoms with Crippen LogP contribution in [0.3, 0.4) is 0 Å². The van der Waals surface area contributed by atoms with Gasteiger partial charge in [-0.3, -0.25) is 0 Å². The summed E-state index contributed by atoms with van der Waals surface area (Å²) in [6.45, 7) is 6.09. The molecule has 0 aliphatic carbocycles. The van der Waals surface area contributed by atoms with Crippen molar-refractivity contribution in [1.82, 2.24) is 0 Å². The maximum Gasteiger partial charge on any atom is 0.489 e. The molecule has 0 amide bonds. The summed E-state index contributed by atoms with van der Waals surface area (Å²) in [6, 6.07) is 0. The Kier molecular flexibility index (Phi) is 7.61. The predicted molar refractivity (Wildman–Crippen MR) is 69.4 cm³/mol. The van der Waals surface area contributed by atoms with Crippen LogP contribution >= 0.6 is 0 Å². The molecule has 0 saturated carbocycles. The highest BCUT2D eigenvalue weighted by atomic mass is 16.6. The van der Waals surface area contributed by atoms with Crippen LogP contribution in [0.2, 0.25) is 0 Å². The van der Waals surface area contributed by atoms with Gasteiger partial charge in [-0.2, -0.15) is 0 Å². The third-order valence-electron chi connectivity index (χ3n) is 2.91. The summed E-state index contributed by atoms with van der Waals surface area (Å²) in [7, 11) is -0.0443. The third-order valence-corrected chi connectivity index (χ3v) is 2.91. The Balaban J connectivity index is 2.34. The van der Waals surface area contributed by atoms with E-state index < -0.39 is 0 Å². The summed E-state index contributed by atoms with van der Waals surface area (Å²) in [5.74, 6) is 0. The molecule has 1 fully saturated rings. The molecule has 1 rings (SSSR count). The van der Waals surface area contributed by atoms with Crippen molar-refractivity contribution in [3.63, 3.8) is 0 Å². The van der Waals surface area contributed by atoms with Gasteiger partial charge in [-0.1, -0.05) is 39.2 Å². The molecule has 0 spiro atoms. The van der Waals surface area contributed by atoms with Gasteiger partial charge in [0.15, 0.2) is 0 Å². The highest BCUT2D eigenvalue weighted by Crippen LogP contribution is 2.19. The van der Waals surface area contributed by atoms with Crippen molar-refractivity contribution >= 4 is 7.12 Å². The number of allylic oxidation sites excluding steroid dienone is 2. The molecule has 16 heavy (non-hydrogen) atoms. The van der Waals surface area contributed by atoms with E-state index >= 15 is 0 Å². The van der Waals surface area contributed by atoms with E-state index in [2.05, 4.69) is 19.9 Å². The van der Waals surface area contributed by atoms with E-state index in [1.165, 1.54) is 31.2 Å². The topological polar surface area (TPSA) is 18.5 Å². The van der Waals surface area contributed by atoms with Gasteiger partial charge in [0, 0.05) is 13.2 Å². The lowest BCUT2D eigenvalue weighted by molar-refractivity contribution is 0.186. The van der Waals surface area contributed by atoms with Gasteiger partial charge in [0.05, 0.1) is 0 Å². The molecule has 1 aliphatic rings. The minimum Gasteiger partial charge on any atom is -0.407 e. The van der Waals surface area contributed by atoms with Gasteiger partial charge >= 0.3 is 7.12 Å². The van der Waals surface area contributed by atoms with Crippen LogP contribution in [0, 0.1) is 0 Å². The minimum absolute atomic E-state index is 0.0443. The molecule has 1 aliphatic heterocycles. The molecule has 3 heteroatoms. The lowest BCUT2D eigenvalue weighted by atomic mass is 9.72. The Morgan fingerprint density at radius 2 is 2.12 bits per heavy atom. The van der Waals surface area contributed by atoms with E-state index in [1.54, 1.807) is 0 Å². The van der Waals surface area contributed by atoms with Crippen LogP contribution in [-0.4, -0.2) is 20.3 Å². The molecular weight excluding hydrogens is 199 g/mol. The Bertz CT molecular complexity index is 204. The van der Waals surface area contributed by atoms with Gasteiger partial charge in [0.25, 0.3) is 0 Å². The van der Waals surface area contributed by atoms with Gasteiger partial charge in [-0.25, -0.2) is 0 Å². The molecule has 0 aromatic heterocycles. The third kappa shape index (κ3) is 5.17. The van der Waals surface area contributed by atoms with Gasteiger partial charge in [-0.15, -0.1) is 0 Å². The number of unbranched alkanes of at least 4 members (excludes halogenated alkanes) is 3. The maximum atomic E-state index is 5.78. The van der Waals surface area contributed by atoms with Crippen LogP contribution in [0.1, 0.15) is 58.8 Å². The van der Waals surface area contributed by atoms with Gasteiger partial charge in [0.2, 0.25) is 0 Å². The van der Waals surface area contributed by atoms with Crippen LogP contribution in [0.4, 0.5) is 0 Å². The van der Waals surface area contributed by atoms with Crippen molar-refractivity contribution < 1.29 is 9.31 Å². The fraction of sp³-hybridized carbons (Fsp3) is 0.846. The summed E-state index contributed by atoms with van der Waals surface area (Å²) >= 11 is 0. The lowest BCUT2D eigenvalue weighted by Crippen LogP contribution is -2.31. The summed E-state index contributed by atoms with van der Waals surface area (Å²) in [5, 5.41) is 0. The first kappa shape index (κ1) is 13.8. The van der Waals surface area contributed by atoms with Crippen LogP contribution < -0.4 is 0 Å². The first-order valence-electron chi connectivity index (χ1n) is 6.80. The van der Waals surface area contributed by atoms with Crippen LogP contribution in [0.5, 0.6) is 0 Å². The fourth-order valence-electron chi connectivity index (χ4n) is 1.87. The van der Waals surface area contributed by atoms with Crippen molar-refractivity contribution in [2.75, 3.05) is 13.2 Å². The SMILES string of the molecule is CCCC/C=C1\CCCOB1OCCCC. The molecule has 0 atom stereocenters. The average molecular weight is 224 g/mol. The largest absolute Gasteiger partial charge is 0.489 e. The summed E-state index contributed by atoms with van der Waals surface area (Å²) in [6.07, 6.45) is 10.6. The highest BCUT2D eigenvalue weighted by Gasteiger charge is 2.26. The second-order valence-electron chi connectivity index (χ2n) is 4.45. The first-order valence-corrected chi connectivity index (χ1v) is 6.80. The molecule has 1 saturated heterocycles. The zero-order valence-corrected chi connectivity index (χ0v) is 10.8. The molecule has 0 unspecified atom stereocenters. The molecule has 0 radical (unpaired) electrons. The Hall–Kier alpha value is -0.275. The van der Waals surface area contributed by atoms with Crippen molar-refractivity contribution in [2.24, 2.45) is 0 Å². The zero-order chi connectivity index (χ0) is 11.6. The minimum atomic E-state index is -0.0443. The van der Waals surface area contributed by atoms with Crippen molar-refractivity contribution in [3.05, 3.63) is 11.5 Å². The smallest absolute Gasteiger partial charge is 0.407 e. The number of rotatable bonds is 7. The Morgan fingerprint density at radius 3 is 2.88 bits per heavy atom. The van der Waals surface area contributed by atoms with E-state index in [0.717, 1.165) is 32.5 Å². The second-order valence-corrected chi connectivity index (χ2v) is 4.45. The average Bonchev–Trinajstić information content (AvgIpc) is 2.32. The molecule has 0 N–H and O–H groups in total. The molecule has 0 bridgehead atoms. The molecule has 0 aromatic carbocycles. The Morgan fingerprint density at radius 1 is 1.31 bits per heavy atom. The standard InChI is InChI=1S/C13H25BO2/c1-3-5-7-9-13-10-8-12-16-14(13)15-11-6-4-2/h9H,3-8,10-12H2,1-2H3/b13-9+.